The monoisotopic (exact) mass is 324 g/mol. The number of hydrogen-bond acceptors (Lipinski definition) is 5. The highest BCUT2D eigenvalue weighted by atomic mass is 79.9. The largest absolute Gasteiger partial charge is 0.468 e. The number of esters is 1. The van der Waals surface area contributed by atoms with E-state index in [1.807, 2.05) is 0 Å². The molecule has 2 rings (SSSR count). The van der Waals surface area contributed by atoms with Gasteiger partial charge in [-0.15, -0.1) is 0 Å². The second kappa shape index (κ2) is 5.31. The molecular formula is C12H9BrN2O4. The lowest BCUT2D eigenvalue weighted by molar-refractivity contribution is -0.141. The van der Waals surface area contributed by atoms with Gasteiger partial charge in [-0.25, -0.2) is 4.68 Å². The zero-order chi connectivity index (χ0) is 14.0. The number of carbonyl (C=O) groups excluding carboxylic acids is 2. The first-order chi connectivity index (χ1) is 9.06. The Balaban J connectivity index is 2.72. The van der Waals surface area contributed by atoms with Crippen LogP contribution >= 0.6 is 15.9 Å². The molecule has 98 valence electrons. The molecular weight excluding hydrogens is 316 g/mol. The Labute approximate surface area is 116 Å². The van der Waals surface area contributed by atoms with E-state index in [1.54, 1.807) is 18.2 Å². The molecule has 0 bridgehead atoms. The maximum atomic E-state index is 12.1. The van der Waals surface area contributed by atoms with Crippen LogP contribution in [-0.4, -0.2) is 29.1 Å². The number of rotatable bonds is 3. The molecule has 6 nitrogen and oxygen atoms in total. The lowest BCUT2D eigenvalue weighted by Gasteiger charge is -2.07. The molecule has 7 heteroatoms. The number of aromatic nitrogens is 2. The minimum atomic E-state index is -0.608. The summed E-state index contributed by atoms with van der Waals surface area (Å²) in [6.45, 7) is -0.331. The fourth-order valence-electron chi connectivity index (χ4n) is 1.66. The van der Waals surface area contributed by atoms with Gasteiger partial charge < -0.3 is 4.74 Å². The normalized spacial score (nSPS) is 10.4. The van der Waals surface area contributed by atoms with Crippen LogP contribution in [0.1, 0.15) is 10.5 Å². The maximum Gasteiger partial charge on any atom is 0.327 e. The van der Waals surface area contributed by atoms with Crippen LogP contribution in [0.2, 0.25) is 0 Å². The molecule has 0 spiro atoms. The van der Waals surface area contributed by atoms with Gasteiger partial charge >= 0.3 is 5.97 Å². The molecule has 0 atom stereocenters. The van der Waals surface area contributed by atoms with E-state index in [0.717, 1.165) is 9.15 Å². The van der Waals surface area contributed by atoms with Crippen LogP contribution in [-0.2, 0) is 16.1 Å². The number of fused-ring (bicyclic) bond motifs is 1. The Morgan fingerprint density at radius 2 is 2.21 bits per heavy atom. The van der Waals surface area contributed by atoms with Gasteiger partial charge in [-0.3, -0.25) is 14.4 Å². The van der Waals surface area contributed by atoms with Crippen molar-refractivity contribution in [3.8, 4) is 0 Å². The van der Waals surface area contributed by atoms with Crippen molar-refractivity contribution < 1.29 is 14.3 Å². The Morgan fingerprint density at radius 1 is 1.47 bits per heavy atom. The Hall–Kier alpha value is -2.02. The molecule has 0 unspecified atom stereocenters. The van der Waals surface area contributed by atoms with Crippen LogP contribution in [0.25, 0.3) is 10.8 Å². The first kappa shape index (κ1) is 13.4. The molecule has 0 saturated heterocycles. The minimum absolute atomic E-state index is 0.0970. The van der Waals surface area contributed by atoms with Crippen LogP contribution in [0.15, 0.2) is 27.5 Å². The van der Waals surface area contributed by atoms with E-state index < -0.39 is 11.5 Å². The second-order valence-electron chi connectivity index (χ2n) is 3.73. The van der Waals surface area contributed by atoms with Crippen molar-refractivity contribution in [2.75, 3.05) is 7.11 Å². The predicted octanol–water partition coefficient (Wildman–Crippen LogP) is 1.14. The molecule has 1 aromatic carbocycles. The zero-order valence-corrected chi connectivity index (χ0v) is 11.5. The van der Waals surface area contributed by atoms with Gasteiger partial charge in [-0.1, -0.05) is 15.9 Å². The Kier molecular flexibility index (Phi) is 3.75. The second-order valence-corrected chi connectivity index (χ2v) is 4.65. The number of halogens is 1. The molecule has 1 heterocycles. The molecule has 0 aliphatic carbocycles. The highest BCUT2D eigenvalue weighted by Gasteiger charge is 2.13. The Bertz CT molecular complexity index is 723. The molecule has 0 saturated carbocycles. The Morgan fingerprint density at radius 3 is 2.84 bits per heavy atom. The van der Waals surface area contributed by atoms with E-state index in [9.17, 15) is 14.4 Å². The van der Waals surface area contributed by atoms with E-state index in [0.29, 0.717) is 17.1 Å². The smallest absolute Gasteiger partial charge is 0.327 e. The van der Waals surface area contributed by atoms with Gasteiger partial charge in [0.25, 0.3) is 5.56 Å². The molecule has 0 amide bonds. The minimum Gasteiger partial charge on any atom is -0.468 e. The van der Waals surface area contributed by atoms with E-state index in [4.69, 9.17) is 0 Å². The maximum absolute atomic E-state index is 12.1. The SMILES string of the molecule is COC(=O)Cn1nc(C=O)c2cc(Br)ccc2c1=O. The van der Waals surface area contributed by atoms with E-state index in [-0.39, 0.29) is 12.2 Å². The van der Waals surface area contributed by atoms with E-state index in [2.05, 4.69) is 25.8 Å². The van der Waals surface area contributed by atoms with Gasteiger partial charge in [0.15, 0.2) is 6.29 Å². The van der Waals surface area contributed by atoms with Gasteiger partial charge in [0, 0.05) is 9.86 Å². The summed E-state index contributed by atoms with van der Waals surface area (Å²) in [5, 5.41) is 4.63. The summed E-state index contributed by atoms with van der Waals surface area (Å²) in [7, 11) is 1.21. The van der Waals surface area contributed by atoms with Crippen molar-refractivity contribution in [3.05, 3.63) is 38.7 Å². The third-order valence-corrected chi connectivity index (χ3v) is 3.06. The van der Waals surface area contributed by atoms with Gasteiger partial charge in [-0.2, -0.15) is 5.10 Å². The number of ether oxygens (including phenoxy) is 1. The average Bonchev–Trinajstić information content (AvgIpc) is 2.41. The molecule has 0 N–H and O–H groups in total. The lowest BCUT2D eigenvalue weighted by atomic mass is 10.1. The van der Waals surface area contributed by atoms with Crippen molar-refractivity contribution in [1.29, 1.82) is 0 Å². The number of aldehydes is 1. The van der Waals surface area contributed by atoms with Crippen molar-refractivity contribution in [2.24, 2.45) is 0 Å². The molecule has 1 aromatic heterocycles. The number of carbonyl (C=O) groups is 2. The van der Waals surface area contributed by atoms with Crippen molar-refractivity contribution in [3.63, 3.8) is 0 Å². The van der Waals surface area contributed by atoms with Crippen LogP contribution in [0, 0.1) is 0 Å². The highest BCUT2D eigenvalue weighted by molar-refractivity contribution is 9.10. The summed E-state index contributed by atoms with van der Waals surface area (Å²) in [4.78, 5) is 34.4. The lowest BCUT2D eigenvalue weighted by Crippen LogP contribution is -2.28. The summed E-state index contributed by atoms with van der Waals surface area (Å²) < 4.78 is 6.13. The van der Waals surface area contributed by atoms with Gasteiger partial charge in [-0.05, 0) is 18.2 Å². The molecule has 0 radical (unpaired) electrons. The summed E-state index contributed by atoms with van der Waals surface area (Å²) in [6.07, 6.45) is 0.544. The summed E-state index contributed by atoms with van der Waals surface area (Å²) >= 11 is 3.26. The molecule has 0 fully saturated rings. The number of nitrogens with zero attached hydrogens (tertiary/aromatic N) is 2. The number of benzene rings is 1. The van der Waals surface area contributed by atoms with Crippen LogP contribution in [0.5, 0.6) is 0 Å². The fourth-order valence-corrected chi connectivity index (χ4v) is 2.03. The summed E-state index contributed by atoms with van der Waals surface area (Å²) in [5.74, 6) is -0.608. The topological polar surface area (TPSA) is 78.3 Å². The van der Waals surface area contributed by atoms with Crippen molar-refractivity contribution >= 4 is 39.0 Å². The van der Waals surface area contributed by atoms with E-state index in [1.165, 1.54) is 7.11 Å². The molecule has 19 heavy (non-hydrogen) atoms. The predicted molar refractivity (Wildman–Crippen MR) is 71.1 cm³/mol. The van der Waals surface area contributed by atoms with Crippen LogP contribution < -0.4 is 5.56 Å². The quantitative estimate of drug-likeness (QED) is 0.625. The van der Waals surface area contributed by atoms with Gasteiger partial charge in [0.05, 0.1) is 12.5 Å². The van der Waals surface area contributed by atoms with Crippen molar-refractivity contribution in [2.45, 2.75) is 6.54 Å². The van der Waals surface area contributed by atoms with Crippen molar-refractivity contribution in [1.82, 2.24) is 9.78 Å². The standard InChI is InChI=1S/C12H9BrN2O4/c1-19-11(17)5-15-12(18)8-3-2-7(13)4-9(8)10(6-16)14-15/h2-4,6H,5H2,1H3. The number of hydrogen-bond donors (Lipinski definition) is 0. The molecule has 2 aromatic rings. The van der Waals surface area contributed by atoms with Gasteiger partial charge in [0.2, 0.25) is 0 Å². The first-order valence-corrected chi connectivity index (χ1v) is 6.08. The van der Waals surface area contributed by atoms with E-state index >= 15 is 0 Å². The fraction of sp³-hybridized carbons (Fsp3) is 0.167. The third kappa shape index (κ3) is 2.55. The third-order valence-electron chi connectivity index (χ3n) is 2.57. The van der Waals surface area contributed by atoms with Crippen LogP contribution in [0.3, 0.4) is 0 Å². The summed E-state index contributed by atoms with van der Waals surface area (Å²) in [5.41, 5.74) is -0.349. The molecule has 0 aliphatic rings. The average molecular weight is 325 g/mol. The zero-order valence-electron chi connectivity index (χ0n) is 9.92. The first-order valence-electron chi connectivity index (χ1n) is 5.29. The van der Waals surface area contributed by atoms with Crippen LogP contribution in [0.4, 0.5) is 0 Å². The number of methoxy groups -OCH3 is 1. The highest BCUT2D eigenvalue weighted by Crippen LogP contribution is 2.18. The summed E-state index contributed by atoms with van der Waals surface area (Å²) in [6, 6.07) is 4.89. The molecule has 0 aliphatic heterocycles. The van der Waals surface area contributed by atoms with Gasteiger partial charge in [0.1, 0.15) is 12.2 Å².